The van der Waals surface area contributed by atoms with E-state index in [1.807, 2.05) is 54.6 Å². The summed E-state index contributed by atoms with van der Waals surface area (Å²) in [6.07, 6.45) is 1.74. The molecule has 0 radical (unpaired) electrons. The summed E-state index contributed by atoms with van der Waals surface area (Å²) < 4.78 is 24.3. The molecule has 11 heteroatoms. The Morgan fingerprint density at radius 3 is 2.36 bits per heavy atom. The number of fused-ring (bicyclic) bond motifs is 1. The zero-order valence-electron chi connectivity index (χ0n) is 26.7. The largest absolute Gasteiger partial charge is 0.493 e. The van der Waals surface area contributed by atoms with Gasteiger partial charge in [-0.3, -0.25) is 9.36 Å². The number of carbonyl (C=O) groups excluding carboxylic acids is 2. The van der Waals surface area contributed by atoms with E-state index < -0.39 is 18.0 Å². The molecule has 3 aromatic carbocycles. The zero-order chi connectivity index (χ0) is 33.7. The third kappa shape index (κ3) is 7.26. The number of nitrogens with zero attached hydrogens (tertiary/aromatic N) is 2. The molecule has 0 saturated carbocycles. The van der Waals surface area contributed by atoms with Crippen molar-refractivity contribution in [2.75, 3.05) is 26.9 Å². The molecule has 5 rings (SSSR count). The van der Waals surface area contributed by atoms with Gasteiger partial charge in [0, 0.05) is 5.56 Å². The molecule has 4 aromatic rings. The smallest absolute Gasteiger partial charge is 0.344 e. The second kappa shape index (κ2) is 15.0. The van der Waals surface area contributed by atoms with Crippen molar-refractivity contribution in [3.8, 4) is 11.5 Å². The molecule has 1 atom stereocenters. The molecule has 47 heavy (non-hydrogen) atoms. The highest BCUT2D eigenvalue weighted by atomic mass is 79.9. The van der Waals surface area contributed by atoms with Crippen LogP contribution in [0.3, 0.4) is 0 Å². The van der Waals surface area contributed by atoms with Crippen molar-refractivity contribution in [3.05, 3.63) is 119 Å². The molecule has 2 heterocycles. The van der Waals surface area contributed by atoms with E-state index >= 15 is 0 Å². The molecule has 0 bridgehead atoms. The van der Waals surface area contributed by atoms with Gasteiger partial charge in [-0.05, 0) is 70.6 Å². The zero-order valence-corrected chi connectivity index (χ0v) is 29.1. The first-order valence-corrected chi connectivity index (χ1v) is 16.8. The first-order chi connectivity index (χ1) is 22.7. The second-order valence-corrected chi connectivity index (χ2v) is 12.7. The van der Waals surface area contributed by atoms with E-state index in [1.165, 1.54) is 18.4 Å². The fraction of sp³-hybridized carbons (Fsp3) is 0.278. The summed E-state index contributed by atoms with van der Waals surface area (Å²) in [5.41, 5.74) is 3.74. The number of hydrogen-bond donors (Lipinski definition) is 0. The molecule has 0 amide bonds. The average molecular weight is 720 g/mol. The normalized spacial score (nSPS) is 14.4. The van der Waals surface area contributed by atoms with Crippen LogP contribution in [0.15, 0.2) is 86.6 Å². The van der Waals surface area contributed by atoms with E-state index in [9.17, 15) is 14.4 Å². The number of methoxy groups -OCH3 is 1. The molecule has 1 aromatic heterocycles. The van der Waals surface area contributed by atoms with E-state index in [1.54, 1.807) is 36.6 Å². The summed E-state index contributed by atoms with van der Waals surface area (Å²) in [4.78, 5) is 45.2. The lowest BCUT2D eigenvalue weighted by atomic mass is 9.91. The number of aromatic nitrogens is 1. The topological polar surface area (TPSA) is 105 Å². The lowest BCUT2D eigenvalue weighted by molar-refractivity contribution is -0.145. The Kier molecular flexibility index (Phi) is 10.8. The van der Waals surface area contributed by atoms with E-state index in [2.05, 4.69) is 29.8 Å². The molecule has 0 unspecified atom stereocenters. The standard InChI is InChI=1S/C36H35BrN2O7S/c1-6-44-29(40)20-46-33-26(37)17-22(18-27(33)43-5)19-28-34(41)39-32(25-15-13-23(14-16-25)21(3)4)30(35(42)45-7-2)31(38-36(39)47-28)24-11-9-8-10-12-24/h8-19,21,32H,6-7,20H2,1-5H3/b28-19-/t32-/m0/s1. The molecule has 0 saturated heterocycles. The van der Waals surface area contributed by atoms with Gasteiger partial charge in [-0.1, -0.05) is 79.8 Å². The van der Waals surface area contributed by atoms with Crippen molar-refractivity contribution >= 4 is 51.0 Å². The molecular formula is C36H35BrN2O7S. The minimum absolute atomic E-state index is 0.171. The number of carbonyl (C=O) groups is 2. The fourth-order valence-corrected chi connectivity index (χ4v) is 6.84. The molecule has 0 aliphatic carbocycles. The Hall–Kier alpha value is -4.48. The number of benzene rings is 3. The van der Waals surface area contributed by atoms with Crippen LogP contribution in [0.1, 0.15) is 61.9 Å². The van der Waals surface area contributed by atoms with Gasteiger partial charge in [-0.25, -0.2) is 14.6 Å². The van der Waals surface area contributed by atoms with Crippen LogP contribution in [0.25, 0.3) is 11.8 Å². The Morgan fingerprint density at radius 2 is 1.72 bits per heavy atom. The number of hydrogen-bond acceptors (Lipinski definition) is 9. The summed E-state index contributed by atoms with van der Waals surface area (Å²) >= 11 is 4.74. The van der Waals surface area contributed by atoms with E-state index in [4.69, 9.17) is 23.9 Å². The molecule has 244 valence electrons. The van der Waals surface area contributed by atoms with Crippen molar-refractivity contribution in [1.82, 2.24) is 4.57 Å². The van der Waals surface area contributed by atoms with Crippen LogP contribution < -0.4 is 24.4 Å². The number of rotatable bonds is 11. The van der Waals surface area contributed by atoms with Gasteiger partial charge in [-0.2, -0.15) is 0 Å². The van der Waals surface area contributed by atoms with Crippen molar-refractivity contribution in [1.29, 1.82) is 0 Å². The lowest BCUT2D eigenvalue weighted by Crippen LogP contribution is -2.40. The fourth-order valence-electron chi connectivity index (χ4n) is 5.27. The van der Waals surface area contributed by atoms with Gasteiger partial charge in [0.15, 0.2) is 22.9 Å². The van der Waals surface area contributed by atoms with Gasteiger partial charge in [0.05, 0.1) is 46.6 Å². The summed E-state index contributed by atoms with van der Waals surface area (Å²) in [7, 11) is 1.49. The monoisotopic (exact) mass is 718 g/mol. The Morgan fingerprint density at radius 1 is 1.02 bits per heavy atom. The number of halogens is 1. The van der Waals surface area contributed by atoms with Gasteiger partial charge in [-0.15, -0.1) is 0 Å². The number of esters is 2. The molecule has 0 N–H and O–H groups in total. The van der Waals surface area contributed by atoms with Crippen LogP contribution in [0, 0.1) is 0 Å². The van der Waals surface area contributed by atoms with Gasteiger partial charge in [0.25, 0.3) is 5.56 Å². The Bertz CT molecular complexity index is 2000. The van der Waals surface area contributed by atoms with Gasteiger partial charge < -0.3 is 18.9 Å². The van der Waals surface area contributed by atoms with Crippen molar-refractivity contribution in [2.45, 2.75) is 39.7 Å². The maximum Gasteiger partial charge on any atom is 0.344 e. The van der Waals surface area contributed by atoms with Gasteiger partial charge in [0.1, 0.15) is 0 Å². The summed E-state index contributed by atoms with van der Waals surface area (Å²) in [6.45, 7) is 7.83. The van der Waals surface area contributed by atoms with Crippen LogP contribution in [0.2, 0.25) is 0 Å². The van der Waals surface area contributed by atoms with Crippen LogP contribution in [0.4, 0.5) is 0 Å². The van der Waals surface area contributed by atoms with Crippen LogP contribution >= 0.6 is 27.3 Å². The molecule has 0 spiro atoms. The van der Waals surface area contributed by atoms with Crippen LogP contribution in [-0.2, 0) is 19.1 Å². The number of thiazole rings is 1. The highest BCUT2D eigenvalue weighted by molar-refractivity contribution is 9.10. The predicted octanol–water partition coefficient (Wildman–Crippen LogP) is 5.77. The van der Waals surface area contributed by atoms with Crippen molar-refractivity contribution in [2.24, 2.45) is 4.99 Å². The Balaban J connectivity index is 1.70. The quantitative estimate of drug-likeness (QED) is 0.181. The SMILES string of the molecule is CCOC(=O)COc1c(Br)cc(/C=c2\sc3n(c2=O)[C@@H](c2ccc(C(C)C)cc2)C(C(=O)OCC)=C(c2ccccc2)N=3)cc1OC. The molecule has 1 aliphatic rings. The minimum Gasteiger partial charge on any atom is -0.493 e. The molecular weight excluding hydrogens is 684 g/mol. The third-order valence-electron chi connectivity index (χ3n) is 7.48. The van der Waals surface area contributed by atoms with E-state index in [0.717, 1.165) is 16.7 Å². The van der Waals surface area contributed by atoms with Crippen LogP contribution in [-0.4, -0.2) is 43.4 Å². The minimum atomic E-state index is -0.774. The van der Waals surface area contributed by atoms with Gasteiger partial charge in [0.2, 0.25) is 0 Å². The molecule has 0 fully saturated rings. The second-order valence-electron chi connectivity index (χ2n) is 10.9. The van der Waals surface area contributed by atoms with Gasteiger partial charge >= 0.3 is 11.9 Å². The summed E-state index contributed by atoms with van der Waals surface area (Å²) in [5, 5.41) is 0. The summed E-state index contributed by atoms with van der Waals surface area (Å²) in [6, 6.07) is 20.1. The summed E-state index contributed by atoms with van der Waals surface area (Å²) in [5.74, 6) is -0.0342. The highest BCUT2D eigenvalue weighted by Crippen LogP contribution is 2.38. The van der Waals surface area contributed by atoms with Crippen LogP contribution in [0.5, 0.6) is 11.5 Å². The highest BCUT2D eigenvalue weighted by Gasteiger charge is 2.35. The lowest BCUT2D eigenvalue weighted by Gasteiger charge is -2.26. The Labute approximate surface area is 284 Å². The predicted molar refractivity (Wildman–Crippen MR) is 184 cm³/mol. The average Bonchev–Trinajstić information content (AvgIpc) is 3.37. The van der Waals surface area contributed by atoms with E-state index in [0.29, 0.717) is 48.1 Å². The number of ether oxygens (including phenoxy) is 4. The first kappa shape index (κ1) is 33.9. The van der Waals surface area contributed by atoms with Crippen molar-refractivity contribution < 1.29 is 28.5 Å². The maximum absolute atomic E-state index is 14.3. The third-order valence-corrected chi connectivity index (χ3v) is 9.05. The molecule has 9 nitrogen and oxygen atoms in total. The maximum atomic E-state index is 14.3. The van der Waals surface area contributed by atoms with E-state index in [-0.39, 0.29) is 25.4 Å². The first-order valence-electron chi connectivity index (χ1n) is 15.2. The van der Waals surface area contributed by atoms with Crippen molar-refractivity contribution in [3.63, 3.8) is 0 Å². The molecule has 1 aliphatic heterocycles.